The van der Waals surface area contributed by atoms with Crippen molar-refractivity contribution in [3.05, 3.63) is 81.8 Å². The van der Waals surface area contributed by atoms with Crippen LogP contribution in [-0.2, 0) is 4.79 Å². The number of benzene rings is 2. The molecule has 9 heteroatoms. The van der Waals surface area contributed by atoms with Gasteiger partial charge < -0.3 is 9.80 Å². The maximum absolute atomic E-state index is 14.2. The van der Waals surface area contributed by atoms with Gasteiger partial charge in [0.15, 0.2) is 0 Å². The minimum absolute atomic E-state index is 0.0148. The summed E-state index contributed by atoms with van der Waals surface area (Å²) >= 11 is 2.90. The second-order valence-corrected chi connectivity index (χ2v) is 14.5. The van der Waals surface area contributed by atoms with Crippen LogP contribution in [-0.4, -0.2) is 62.5 Å². The second kappa shape index (κ2) is 14.0. The summed E-state index contributed by atoms with van der Waals surface area (Å²) in [5.74, 6) is -0.750. The molecule has 2 fully saturated rings. The number of hydrogen-bond acceptors (Lipinski definition) is 7. The molecule has 0 bridgehead atoms. The lowest BCUT2D eigenvalue weighted by Gasteiger charge is -2.32. The third kappa shape index (κ3) is 6.45. The van der Waals surface area contributed by atoms with Crippen LogP contribution < -0.4 is 0 Å². The van der Waals surface area contributed by atoms with Gasteiger partial charge in [0.25, 0.3) is 11.8 Å². The minimum atomic E-state index is -0.404. The van der Waals surface area contributed by atoms with E-state index in [0.717, 1.165) is 83.9 Å². The van der Waals surface area contributed by atoms with E-state index in [1.807, 2.05) is 82.9 Å². The Bertz CT molecular complexity index is 1600. The van der Waals surface area contributed by atoms with Gasteiger partial charge in [-0.05, 0) is 63.5 Å². The molecule has 4 atom stereocenters. The lowest BCUT2D eigenvalue weighted by molar-refractivity contribution is -0.121. The summed E-state index contributed by atoms with van der Waals surface area (Å²) in [6.07, 6.45) is 6.39. The second-order valence-electron chi connectivity index (χ2n) is 12.8. The van der Waals surface area contributed by atoms with Crippen LogP contribution in [0.3, 0.4) is 0 Å². The van der Waals surface area contributed by atoms with Gasteiger partial charge >= 0.3 is 0 Å². The number of amides is 2. The van der Waals surface area contributed by atoms with E-state index in [0.29, 0.717) is 11.4 Å². The first-order chi connectivity index (χ1) is 22.2. The molecular formula is C37H42N4O3S2. The molecule has 4 unspecified atom stereocenters. The summed E-state index contributed by atoms with van der Waals surface area (Å²) < 4.78 is 0. The van der Waals surface area contributed by atoms with Crippen molar-refractivity contribution in [3.63, 3.8) is 0 Å². The van der Waals surface area contributed by atoms with E-state index in [4.69, 9.17) is 9.97 Å². The topological polar surface area (TPSA) is 83.5 Å². The van der Waals surface area contributed by atoms with Gasteiger partial charge in [-0.2, -0.15) is 0 Å². The van der Waals surface area contributed by atoms with Gasteiger partial charge in [0, 0.05) is 58.9 Å². The molecule has 2 aliphatic rings. The SMILES string of the molecule is CC(C(=O)C(C)c1ccccc1-c1nc(C(=O)N2CCCCC2C)cs1)c1ccccc1-c1nc(C(=O)N2CCCCC2C)cs1. The highest BCUT2D eigenvalue weighted by Crippen LogP contribution is 2.38. The van der Waals surface area contributed by atoms with Crippen LogP contribution in [0, 0.1) is 0 Å². The first-order valence-electron chi connectivity index (χ1n) is 16.5. The highest BCUT2D eigenvalue weighted by Gasteiger charge is 2.30. The molecule has 240 valence electrons. The summed E-state index contributed by atoms with van der Waals surface area (Å²) in [7, 11) is 0. The Balaban J connectivity index is 1.23. The Kier molecular flexibility index (Phi) is 9.80. The van der Waals surface area contributed by atoms with Gasteiger partial charge in [-0.25, -0.2) is 9.97 Å². The molecule has 0 saturated carbocycles. The smallest absolute Gasteiger partial charge is 0.273 e. The molecular weight excluding hydrogens is 613 g/mol. The summed E-state index contributed by atoms with van der Waals surface area (Å²) in [6, 6.07) is 16.2. The van der Waals surface area contributed by atoms with Crippen LogP contribution in [0.15, 0.2) is 59.3 Å². The van der Waals surface area contributed by atoms with Crippen LogP contribution in [0.5, 0.6) is 0 Å². The fourth-order valence-corrected chi connectivity index (χ4v) is 8.59. The van der Waals surface area contributed by atoms with Crippen molar-refractivity contribution in [2.75, 3.05) is 13.1 Å². The molecule has 46 heavy (non-hydrogen) atoms. The minimum Gasteiger partial charge on any atom is -0.335 e. The number of Topliss-reactive ketones (excluding diaryl/α,β-unsaturated/α-hetero) is 1. The van der Waals surface area contributed by atoms with Crippen LogP contribution in [0.2, 0.25) is 0 Å². The van der Waals surface area contributed by atoms with Crippen molar-refractivity contribution in [1.29, 1.82) is 0 Å². The highest BCUT2D eigenvalue weighted by atomic mass is 32.1. The zero-order valence-corrected chi connectivity index (χ0v) is 28.7. The third-order valence-electron chi connectivity index (χ3n) is 9.74. The van der Waals surface area contributed by atoms with Crippen molar-refractivity contribution in [2.24, 2.45) is 0 Å². The molecule has 2 aromatic carbocycles. The number of likely N-dealkylation sites (tertiary alicyclic amines) is 2. The van der Waals surface area contributed by atoms with Crippen molar-refractivity contribution >= 4 is 40.3 Å². The van der Waals surface area contributed by atoms with Crippen LogP contribution in [0.4, 0.5) is 0 Å². The number of aromatic nitrogens is 2. The van der Waals surface area contributed by atoms with E-state index in [9.17, 15) is 14.4 Å². The Hall–Kier alpha value is -3.69. The molecule has 7 nitrogen and oxygen atoms in total. The first kappa shape index (κ1) is 32.3. The number of piperidine rings is 2. The van der Waals surface area contributed by atoms with Gasteiger partial charge in [0.05, 0.1) is 0 Å². The number of carbonyl (C=O) groups excluding carboxylic acids is 3. The Morgan fingerprint density at radius 3 is 1.50 bits per heavy atom. The monoisotopic (exact) mass is 654 g/mol. The number of ketones is 1. The van der Waals surface area contributed by atoms with Crippen molar-refractivity contribution in [1.82, 2.24) is 19.8 Å². The third-order valence-corrected chi connectivity index (χ3v) is 11.5. The standard InChI is InChI=1S/C37H42N4O3S2/c1-23-13-9-11-19-40(23)36(43)31-21-45-34(38-31)29-17-7-5-15-27(29)25(3)33(42)26(4)28-16-6-8-18-30(28)35-39-32(22-46-35)37(44)41-20-12-10-14-24(41)2/h5-8,15-18,21-26H,9-14,19-20H2,1-4H3. The normalized spacial score (nSPS) is 19.9. The van der Waals surface area contributed by atoms with E-state index < -0.39 is 11.8 Å². The van der Waals surface area contributed by atoms with Gasteiger partial charge in [0.1, 0.15) is 27.2 Å². The molecule has 0 aliphatic carbocycles. The Labute approximate surface area is 279 Å². The maximum atomic E-state index is 14.2. The maximum Gasteiger partial charge on any atom is 0.273 e. The van der Waals surface area contributed by atoms with Crippen molar-refractivity contribution < 1.29 is 14.4 Å². The van der Waals surface area contributed by atoms with E-state index in [2.05, 4.69) is 13.8 Å². The van der Waals surface area contributed by atoms with Gasteiger partial charge in [-0.1, -0.05) is 62.4 Å². The molecule has 2 saturated heterocycles. The molecule has 0 N–H and O–H groups in total. The summed E-state index contributed by atoms with van der Waals surface area (Å²) in [4.78, 5) is 54.2. The highest BCUT2D eigenvalue weighted by molar-refractivity contribution is 7.13. The van der Waals surface area contributed by atoms with Gasteiger partial charge in [-0.15, -0.1) is 22.7 Å². The molecule has 2 aromatic heterocycles. The summed E-state index contributed by atoms with van der Waals surface area (Å²) in [5, 5.41) is 5.19. The predicted octanol–water partition coefficient (Wildman–Crippen LogP) is 8.44. The predicted molar refractivity (Wildman–Crippen MR) is 186 cm³/mol. The molecule has 2 aliphatic heterocycles. The van der Waals surface area contributed by atoms with Crippen molar-refractivity contribution in [3.8, 4) is 21.1 Å². The van der Waals surface area contributed by atoms with Crippen LogP contribution in [0.1, 0.15) is 110 Å². The average Bonchev–Trinajstić information content (AvgIpc) is 3.78. The zero-order chi connectivity index (χ0) is 32.4. The summed E-state index contributed by atoms with van der Waals surface area (Å²) in [5.41, 5.74) is 4.51. The Morgan fingerprint density at radius 2 is 1.09 bits per heavy atom. The fraction of sp³-hybridized carbons (Fsp3) is 0.432. The van der Waals surface area contributed by atoms with Crippen LogP contribution >= 0.6 is 22.7 Å². The van der Waals surface area contributed by atoms with Crippen molar-refractivity contribution in [2.45, 2.75) is 90.1 Å². The molecule has 4 aromatic rings. The largest absolute Gasteiger partial charge is 0.335 e. The van der Waals surface area contributed by atoms with E-state index in [1.165, 1.54) is 22.7 Å². The lowest BCUT2D eigenvalue weighted by Crippen LogP contribution is -2.42. The molecule has 0 radical (unpaired) electrons. The van der Waals surface area contributed by atoms with Gasteiger partial charge in [-0.3, -0.25) is 14.4 Å². The summed E-state index contributed by atoms with van der Waals surface area (Å²) in [6.45, 7) is 9.66. The van der Waals surface area contributed by atoms with E-state index in [1.54, 1.807) is 0 Å². The quantitative estimate of drug-likeness (QED) is 0.190. The molecule has 0 spiro atoms. The number of thiazole rings is 2. The first-order valence-corrected chi connectivity index (χ1v) is 18.3. The molecule has 4 heterocycles. The van der Waals surface area contributed by atoms with Gasteiger partial charge in [0.2, 0.25) is 0 Å². The number of nitrogens with zero attached hydrogens (tertiary/aromatic N) is 4. The average molecular weight is 655 g/mol. The molecule has 2 amide bonds. The number of carbonyl (C=O) groups is 3. The van der Waals surface area contributed by atoms with E-state index >= 15 is 0 Å². The molecule has 6 rings (SSSR count). The fourth-order valence-electron chi connectivity index (χ4n) is 6.91. The zero-order valence-electron chi connectivity index (χ0n) is 27.1. The Morgan fingerprint density at radius 1 is 0.674 bits per heavy atom. The van der Waals surface area contributed by atoms with E-state index in [-0.39, 0.29) is 29.7 Å². The van der Waals surface area contributed by atoms with Crippen LogP contribution in [0.25, 0.3) is 21.1 Å². The number of hydrogen-bond donors (Lipinski definition) is 0. The number of rotatable bonds is 8. The lowest BCUT2D eigenvalue weighted by atomic mass is 9.83.